The van der Waals surface area contributed by atoms with Gasteiger partial charge in [0.15, 0.2) is 0 Å². The summed E-state index contributed by atoms with van der Waals surface area (Å²) in [5.74, 6) is 0.575. The van der Waals surface area contributed by atoms with E-state index in [-0.39, 0.29) is 12.1 Å². The average Bonchev–Trinajstić information content (AvgIpc) is 3.17. The molecule has 0 radical (unpaired) electrons. The Hall–Kier alpha value is -1.63. The number of ether oxygens (including phenoxy) is 1. The number of likely N-dealkylation sites (tertiary alicyclic amines) is 1. The fraction of sp³-hybridized carbons (Fsp3) is 0.731. The molecule has 0 aromatic heterocycles. The number of nitrogens with zero attached hydrogens (tertiary/aromatic N) is 3. The molecule has 0 spiro atoms. The molecule has 4 saturated heterocycles. The number of hydrogen-bond donors (Lipinski definition) is 1. The van der Waals surface area contributed by atoms with Gasteiger partial charge in [-0.15, -0.1) is 0 Å². The second-order valence-corrected chi connectivity index (χ2v) is 10.5. The highest BCUT2D eigenvalue weighted by Gasteiger charge is 2.44. The zero-order chi connectivity index (χ0) is 22.0. The summed E-state index contributed by atoms with van der Waals surface area (Å²) in [7, 11) is 0. The topological polar surface area (TPSA) is 48.0 Å². The van der Waals surface area contributed by atoms with Crippen LogP contribution in [0.15, 0.2) is 30.3 Å². The van der Waals surface area contributed by atoms with E-state index < -0.39 is 0 Å². The SMILES string of the molecule is CC1(N2CCC(N3C(=O)N(CC4CCOCC4)CC3c3ccccc3)CC2)CCNCC1. The summed E-state index contributed by atoms with van der Waals surface area (Å²) in [4.78, 5) is 20.8. The van der Waals surface area contributed by atoms with E-state index >= 15 is 0 Å². The van der Waals surface area contributed by atoms with Gasteiger partial charge in [0.1, 0.15) is 0 Å². The number of hydrogen-bond acceptors (Lipinski definition) is 4. The van der Waals surface area contributed by atoms with Crippen molar-refractivity contribution in [3.8, 4) is 0 Å². The number of benzene rings is 1. The first-order valence-electron chi connectivity index (χ1n) is 12.8. The Kier molecular flexibility index (Phi) is 6.72. The van der Waals surface area contributed by atoms with Crippen LogP contribution in [-0.4, -0.2) is 84.8 Å². The molecule has 6 heteroatoms. The molecule has 6 nitrogen and oxygen atoms in total. The maximum Gasteiger partial charge on any atom is 0.320 e. The van der Waals surface area contributed by atoms with Crippen molar-refractivity contribution in [3.05, 3.63) is 35.9 Å². The molecule has 2 amide bonds. The smallest absolute Gasteiger partial charge is 0.320 e. The summed E-state index contributed by atoms with van der Waals surface area (Å²) < 4.78 is 5.54. The van der Waals surface area contributed by atoms with E-state index in [1.165, 1.54) is 18.4 Å². The van der Waals surface area contributed by atoms with Gasteiger partial charge in [-0.1, -0.05) is 30.3 Å². The number of carbonyl (C=O) groups excluding carboxylic acids is 1. The molecule has 4 heterocycles. The Balaban J connectivity index is 1.29. The van der Waals surface area contributed by atoms with Gasteiger partial charge >= 0.3 is 6.03 Å². The van der Waals surface area contributed by atoms with Gasteiger partial charge in [-0.3, -0.25) is 4.90 Å². The molecule has 4 aliphatic rings. The number of piperidine rings is 2. The molecule has 0 bridgehead atoms. The molecule has 5 rings (SSSR count). The predicted octanol–water partition coefficient (Wildman–Crippen LogP) is 3.50. The highest BCUT2D eigenvalue weighted by Crippen LogP contribution is 2.37. The van der Waals surface area contributed by atoms with Crippen LogP contribution in [0.3, 0.4) is 0 Å². The van der Waals surface area contributed by atoms with Crippen molar-refractivity contribution >= 4 is 6.03 Å². The lowest BCUT2D eigenvalue weighted by Gasteiger charge is -2.48. The first-order valence-corrected chi connectivity index (χ1v) is 12.8. The van der Waals surface area contributed by atoms with Gasteiger partial charge in [0.2, 0.25) is 0 Å². The zero-order valence-electron chi connectivity index (χ0n) is 19.7. The van der Waals surface area contributed by atoms with E-state index in [0.29, 0.717) is 17.5 Å². The molecule has 0 saturated carbocycles. The minimum Gasteiger partial charge on any atom is -0.381 e. The van der Waals surface area contributed by atoms with Gasteiger partial charge in [0, 0.05) is 51.0 Å². The van der Waals surface area contributed by atoms with E-state index in [9.17, 15) is 4.79 Å². The highest BCUT2D eigenvalue weighted by atomic mass is 16.5. The average molecular weight is 441 g/mol. The van der Waals surface area contributed by atoms with Crippen molar-refractivity contribution in [1.29, 1.82) is 0 Å². The van der Waals surface area contributed by atoms with Gasteiger partial charge in [0.05, 0.1) is 6.04 Å². The van der Waals surface area contributed by atoms with E-state index in [0.717, 1.165) is 78.2 Å². The number of rotatable bonds is 5. The van der Waals surface area contributed by atoms with Crippen LogP contribution in [0.25, 0.3) is 0 Å². The summed E-state index contributed by atoms with van der Waals surface area (Å²) in [6.07, 6.45) is 6.78. The summed E-state index contributed by atoms with van der Waals surface area (Å²) >= 11 is 0. The maximum absolute atomic E-state index is 13.7. The van der Waals surface area contributed by atoms with Gasteiger partial charge in [-0.2, -0.15) is 0 Å². The first kappa shape index (κ1) is 22.2. The Morgan fingerprint density at radius 1 is 1.03 bits per heavy atom. The summed E-state index contributed by atoms with van der Waals surface area (Å²) in [5.41, 5.74) is 1.60. The van der Waals surface area contributed by atoms with Crippen LogP contribution >= 0.6 is 0 Å². The molecule has 32 heavy (non-hydrogen) atoms. The Morgan fingerprint density at radius 2 is 1.72 bits per heavy atom. The minimum atomic E-state index is 0.176. The second-order valence-electron chi connectivity index (χ2n) is 10.5. The first-order chi connectivity index (χ1) is 15.6. The van der Waals surface area contributed by atoms with E-state index in [4.69, 9.17) is 4.74 Å². The van der Waals surface area contributed by atoms with Gasteiger partial charge < -0.3 is 19.9 Å². The van der Waals surface area contributed by atoms with Crippen molar-refractivity contribution in [3.63, 3.8) is 0 Å². The highest BCUT2D eigenvalue weighted by molar-refractivity contribution is 5.78. The Bertz CT molecular complexity index is 752. The van der Waals surface area contributed by atoms with E-state index in [2.05, 4.69) is 57.3 Å². The van der Waals surface area contributed by atoms with Crippen LogP contribution in [0.2, 0.25) is 0 Å². The van der Waals surface area contributed by atoms with Gasteiger partial charge in [0.25, 0.3) is 0 Å². The number of carbonyl (C=O) groups is 1. The van der Waals surface area contributed by atoms with Crippen LogP contribution in [0.5, 0.6) is 0 Å². The third kappa shape index (κ3) is 4.55. The molecule has 1 unspecified atom stereocenters. The predicted molar refractivity (Wildman–Crippen MR) is 127 cm³/mol. The molecule has 1 aromatic rings. The van der Waals surface area contributed by atoms with Crippen LogP contribution in [0.4, 0.5) is 4.79 Å². The van der Waals surface area contributed by atoms with Crippen LogP contribution in [0, 0.1) is 5.92 Å². The number of nitrogens with one attached hydrogen (secondary N) is 1. The molecule has 1 atom stereocenters. The van der Waals surface area contributed by atoms with E-state index in [1.54, 1.807) is 0 Å². The minimum absolute atomic E-state index is 0.176. The van der Waals surface area contributed by atoms with Gasteiger partial charge in [-0.25, -0.2) is 4.79 Å². The lowest BCUT2D eigenvalue weighted by Crippen LogP contribution is -2.57. The van der Waals surface area contributed by atoms with Crippen LogP contribution < -0.4 is 5.32 Å². The van der Waals surface area contributed by atoms with Crippen molar-refractivity contribution < 1.29 is 9.53 Å². The van der Waals surface area contributed by atoms with Crippen molar-refractivity contribution in [2.24, 2.45) is 5.92 Å². The van der Waals surface area contributed by atoms with Crippen LogP contribution in [-0.2, 0) is 4.74 Å². The third-order valence-corrected chi connectivity index (χ3v) is 8.53. The lowest BCUT2D eigenvalue weighted by atomic mass is 9.86. The van der Waals surface area contributed by atoms with Crippen molar-refractivity contribution in [1.82, 2.24) is 20.0 Å². The fourth-order valence-electron chi connectivity index (χ4n) is 6.38. The van der Waals surface area contributed by atoms with E-state index in [1.807, 2.05) is 0 Å². The summed E-state index contributed by atoms with van der Waals surface area (Å²) in [6, 6.07) is 11.5. The van der Waals surface area contributed by atoms with Gasteiger partial charge in [-0.05, 0) is 70.0 Å². The lowest BCUT2D eigenvalue weighted by molar-refractivity contribution is 0.0263. The zero-order valence-corrected chi connectivity index (χ0v) is 19.7. The normalized spacial score (nSPS) is 28.4. The molecule has 1 N–H and O–H groups in total. The second kappa shape index (κ2) is 9.70. The number of urea groups is 1. The molecular formula is C26H40N4O2. The summed E-state index contributed by atoms with van der Waals surface area (Å²) in [6.45, 7) is 10.3. The molecule has 176 valence electrons. The van der Waals surface area contributed by atoms with Crippen molar-refractivity contribution in [2.75, 3.05) is 52.5 Å². The van der Waals surface area contributed by atoms with Crippen LogP contribution in [0.1, 0.15) is 57.1 Å². The quantitative estimate of drug-likeness (QED) is 0.761. The largest absolute Gasteiger partial charge is 0.381 e. The molecule has 0 aliphatic carbocycles. The molecule has 1 aromatic carbocycles. The molecule has 4 aliphatic heterocycles. The number of amides is 2. The third-order valence-electron chi connectivity index (χ3n) is 8.53. The maximum atomic E-state index is 13.7. The standard InChI is InChI=1S/C26H40N4O2/c1-26(11-13-27-14-12-26)29-15-7-23(8-16-29)30-24(22-5-3-2-4-6-22)20-28(25(30)31)19-21-9-17-32-18-10-21/h2-6,21,23-24,27H,7-20H2,1H3. The molecular weight excluding hydrogens is 400 g/mol. The molecule has 4 fully saturated rings. The summed E-state index contributed by atoms with van der Waals surface area (Å²) in [5, 5.41) is 3.51. The fourth-order valence-corrected chi connectivity index (χ4v) is 6.38. The van der Waals surface area contributed by atoms with Crippen molar-refractivity contribution in [2.45, 2.75) is 63.1 Å². The monoisotopic (exact) mass is 440 g/mol. The Labute approximate surface area is 193 Å². The Morgan fingerprint density at radius 3 is 2.41 bits per heavy atom.